The van der Waals surface area contributed by atoms with Crippen LogP contribution in [0.5, 0.6) is 0 Å². The number of hydrogen-bond acceptors (Lipinski definition) is 12. The van der Waals surface area contributed by atoms with Crippen molar-refractivity contribution in [3.8, 4) is 0 Å². The summed E-state index contributed by atoms with van der Waals surface area (Å²) in [5, 5.41) is 10.2. The van der Waals surface area contributed by atoms with E-state index in [4.69, 9.17) is 25.2 Å². The van der Waals surface area contributed by atoms with Crippen LogP contribution >= 0.6 is 23.5 Å². The molecule has 0 saturated carbocycles. The van der Waals surface area contributed by atoms with Crippen LogP contribution in [0.2, 0.25) is 0 Å². The van der Waals surface area contributed by atoms with Crippen molar-refractivity contribution in [2.75, 3.05) is 19.0 Å². The van der Waals surface area contributed by atoms with Crippen LogP contribution in [0, 0.1) is 0 Å². The third-order valence-corrected chi connectivity index (χ3v) is 8.09. The molecule has 0 bridgehead atoms. The van der Waals surface area contributed by atoms with Crippen molar-refractivity contribution in [2.24, 2.45) is 0 Å². The van der Waals surface area contributed by atoms with Gasteiger partial charge in [0.05, 0.1) is 12.9 Å². The number of fused-ring (bicyclic) bond motifs is 1. The van der Waals surface area contributed by atoms with Gasteiger partial charge in [-0.3, -0.25) is 18.9 Å². The minimum absolute atomic E-state index is 0.342. The molecule has 34 heavy (non-hydrogen) atoms. The number of nitrogens with two attached hydrogens (primary N) is 1. The Morgan fingerprint density at radius 3 is 2.47 bits per heavy atom. The maximum absolute atomic E-state index is 15.4. The number of phosphoric ester groups is 1. The number of aromatic nitrogens is 4. The van der Waals surface area contributed by atoms with Crippen LogP contribution < -0.4 is 11.3 Å². The predicted octanol–water partition coefficient (Wildman–Crippen LogP) is -1.02. The smallest absolute Gasteiger partial charge is 0.387 e. The lowest BCUT2D eigenvalue weighted by molar-refractivity contribution is -0.0686. The quantitative estimate of drug-likeness (QED) is 0.182. The highest BCUT2D eigenvalue weighted by molar-refractivity contribution is 7.66. The number of nitrogen functional groups attached to an aromatic ring is 1. The maximum atomic E-state index is 15.4. The second-order valence-corrected chi connectivity index (χ2v) is 11.1. The van der Waals surface area contributed by atoms with Crippen molar-refractivity contribution >= 4 is 40.6 Å². The number of H-pyrrole nitrogens is 1. The predicted molar refractivity (Wildman–Crippen MR) is 102 cm³/mol. The van der Waals surface area contributed by atoms with Gasteiger partial charge < -0.3 is 35.2 Å². The number of nitrogens with one attached hydrogen (secondary N) is 1. The molecule has 0 aliphatic carbocycles. The second kappa shape index (κ2) is 9.09. The van der Waals surface area contributed by atoms with Gasteiger partial charge in [-0.15, -0.1) is 0 Å². The zero-order valence-electron chi connectivity index (χ0n) is 16.2. The van der Waals surface area contributed by atoms with Crippen LogP contribution in [0.15, 0.2) is 11.1 Å². The highest BCUT2D eigenvalue weighted by Crippen LogP contribution is 2.66. The van der Waals surface area contributed by atoms with Gasteiger partial charge in [0.25, 0.3) is 5.56 Å². The summed E-state index contributed by atoms with van der Waals surface area (Å²) in [6, 6.07) is 0. The first-order valence-electron chi connectivity index (χ1n) is 8.57. The summed E-state index contributed by atoms with van der Waals surface area (Å²) in [4.78, 5) is 57.1. The maximum Gasteiger partial charge on any atom is 0.490 e. The van der Waals surface area contributed by atoms with Gasteiger partial charge in [0.2, 0.25) is 11.6 Å². The number of anilines is 1. The molecular formula is C11H16F2N5O13P3. The number of halogens is 2. The average Bonchev–Trinajstić information content (AvgIpc) is 3.17. The van der Waals surface area contributed by atoms with Gasteiger partial charge in [-0.05, 0) is 0 Å². The number of rotatable bonds is 9. The van der Waals surface area contributed by atoms with Crippen LogP contribution in [0.3, 0.4) is 0 Å². The number of hydrogen-bond donors (Lipinski definition) is 7. The highest BCUT2D eigenvalue weighted by Gasteiger charge is 2.59. The molecule has 18 nitrogen and oxygen atoms in total. The minimum atomic E-state index is -5.84. The molecule has 2 aromatic heterocycles. The van der Waals surface area contributed by atoms with Gasteiger partial charge in [-0.25, -0.2) is 27.5 Å². The standard InChI is InChI=1S/C11H16F2N5O13P3/c12-2-11(13)6(19)4(1-28-33(24,25)31-34(26,27)30-32(21,22)23)29-9(11)18-3-15-5-7(18)16-10(14)17-8(5)20/h3-4,6,9,19H,1-2H2,(H,24,25)(H,26,27)(H2,21,22,23)(H3,14,16,17,20)/t4-,6?,9-,11-/m1/s1. The number of ether oxygens (including phenoxy) is 1. The number of aliphatic hydroxyl groups is 1. The van der Waals surface area contributed by atoms with Crippen molar-refractivity contribution in [2.45, 2.75) is 24.1 Å². The van der Waals surface area contributed by atoms with Crippen molar-refractivity contribution in [3.05, 3.63) is 16.7 Å². The second-order valence-electron chi connectivity index (χ2n) is 6.69. The summed E-state index contributed by atoms with van der Waals surface area (Å²) in [7, 11) is -17.1. The number of aliphatic hydroxyl groups excluding tert-OH is 1. The fourth-order valence-corrected chi connectivity index (χ4v) is 6.00. The topological polar surface area (TPSA) is 279 Å². The number of nitrogens with zero attached hydrogens (tertiary/aromatic N) is 3. The van der Waals surface area contributed by atoms with Crippen molar-refractivity contribution < 1.29 is 65.0 Å². The van der Waals surface area contributed by atoms with E-state index in [1.165, 1.54) is 0 Å². The molecule has 1 saturated heterocycles. The summed E-state index contributed by atoms with van der Waals surface area (Å²) in [6.45, 7) is -3.14. The van der Waals surface area contributed by atoms with Gasteiger partial charge in [0.1, 0.15) is 18.9 Å². The molecule has 0 radical (unpaired) electrons. The van der Waals surface area contributed by atoms with Gasteiger partial charge in [0, 0.05) is 0 Å². The molecule has 1 fully saturated rings. The molecule has 8 N–H and O–H groups in total. The van der Waals surface area contributed by atoms with E-state index >= 15 is 4.39 Å². The van der Waals surface area contributed by atoms with Crippen LogP contribution in [0.4, 0.5) is 14.7 Å². The Kier molecular flexibility index (Phi) is 7.20. The van der Waals surface area contributed by atoms with E-state index in [9.17, 15) is 32.9 Å². The zero-order valence-corrected chi connectivity index (χ0v) is 18.9. The van der Waals surface area contributed by atoms with Crippen molar-refractivity contribution in [1.82, 2.24) is 19.5 Å². The number of imidazole rings is 1. The molecule has 3 rings (SSSR count). The SMILES string of the molecule is Nc1nc2c(ncn2[C@@H]2O[C@H](COP(=O)(O)OP(=O)(O)OP(=O)(O)O)C(O)[C@]2(F)CF)c(=O)[nH]1. The first-order valence-corrected chi connectivity index (χ1v) is 13.1. The summed E-state index contributed by atoms with van der Waals surface area (Å²) >= 11 is 0. The fraction of sp³-hybridized carbons (Fsp3) is 0.545. The third kappa shape index (κ3) is 5.59. The summed E-state index contributed by atoms with van der Waals surface area (Å²) in [6.07, 6.45) is -5.53. The Labute approximate surface area is 185 Å². The van der Waals surface area contributed by atoms with E-state index in [1.54, 1.807) is 0 Å². The fourth-order valence-electron chi connectivity index (χ4n) is 2.97. The molecule has 192 valence electrons. The highest BCUT2D eigenvalue weighted by atomic mass is 31.3. The molecule has 3 unspecified atom stereocenters. The number of alkyl halides is 2. The average molecular weight is 557 g/mol. The van der Waals surface area contributed by atoms with Gasteiger partial charge >= 0.3 is 23.5 Å². The Balaban J connectivity index is 1.82. The lowest BCUT2D eigenvalue weighted by atomic mass is 9.97. The van der Waals surface area contributed by atoms with Crippen LogP contribution in [-0.2, 0) is 31.6 Å². The first-order chi connectivity index (χ1) is 15.5. The van der Waals surface area contributed by atoms with Gasteiger partial charge in [-0.2, -0.15) is 13.6 Å². The summed E-state index contributed by atoms with van der Waals surface area (Å²) < 4.78 is 80.1. The Morgan fingerprint density at radius 1 is 1.24 bits per heavy atom. The van der Waals surface area contributed by atoms with E-state index in [0.717, 1.165) is 10.9 Å². The molecule has 6 atom stereocenters. The largest absolute Gasteiger partial charge is 0.490 e. The molecule has 0 aromatic carbocycles. The number of aromatic amines is 1. The number of phosphoric acid groups is 3. The molecule has 0 amide bonds. The molecule has 0 spiro atoms. The van der Waals surface area contributed by atoms with E-state index in [0.29, 0.717) is 0 Å². The molecular weight excluding hydrogens is 541 g/mol. The van der Waals surface area contributed by atoms with Crippen molar-refractivity contribution in [3.63, 3.8) is 0 Å². The third-order valence-electron chi connectivity index (χ3n) is 4.28. The lowest BCUT2D eigenvalue weighted by Crippen LogP contribution is -2.45. The van der Waals surface area contributed by atoms with E-state index < -0.39 is 72.4 Å². The Bertz CT molecular complexity index is 1280. The first kappa shape index (κ1) is 26.9. The monoisotopic (exact) mass is 557 g/mol. The Morgan fingerprint density at radius 2 is 1.88 bits per heavy atom. The van der Waals surface area contributed by atoms with Crippen LogP contribution in [0.25, 0.3) is 11.2 Å². The minimum Gasteiger partial charge on any atom is -0.387 e. The molecule has 1 aliphatic heterocycles. The van der Waals surface area contributed by atoms with E-state index in [-0.39, 0.29) is 11.2 Å². The van der Waals surface area contributed by atoms with E-state index in [1.807, 2.05) is 0 Å². The van der Waals surface area contributed by atoms with Gasteiger partial charge in [-0.1, -0.05) is 0 Å². The molecule has 2 aromatic rings. The summed E-state index contributed by atoms with van der Waals surface area (Å²) in [5.41, 5.74) is 0.664. The summed E-state index contributed by atoms with van der Waals surface area (Å²) in [5.74, 6) is -0.410. The molecule has 23 heteroatoms. The van der Waals surface area contributed by atoms with Gasteiger partial charge in [0.15, 0.2) is 17.4 Å². The lowest BCUT2D eigenvalue weighted by Gasteiger charge is -2.26. The zero-order chi connectivity index (χ0) is 25.7. The van der Waals surface area contributed by atoms with Crippen LogP contribution in [0.1, 0.15) is 6.23 Å². The Hall–Kier alpha value is -1.66. The normalized spacial score (nSPS) is 29.2. The van der Waals surface area contributed by atoms with Crippen molar-refractivity contribution in [1.29, 1.82) is 0 Å². The van der Waals surface area contributed by atoms with E-state index in [2.05, 4.69) is 28.1 Å². The molecule has 3 heterocycles. The van der Waals surface area contributed by atoms with Crippen LogP contribution in [-0.4, -0.2) is 75.4 Å². The molecule has 1 aliphatic rings.